The first-order valence-corrected chi connectivity index (χ1v) is 4.89. The van der Waals surface area contributed by atoms with Crippen LogP contribution in [0.25, 0.3) is 10.9 Å². The van der Waals surface area contributed by atoms with Gasteiger partial charge in [0.2, 0.25) is 0 Å². The third kappa shape index (κ3) is 2.10. The number of nitrogens with zero attached hydrogens (tertiary/aromatic N) is 1. The van der Waals surface area contributed by atoms with Crippen molar-refractivity contribution < 1.29 is 13.5 Å². The lowest BCUT2D eigenvalue weighted by molar-refractivity contribution is -0.0497. The second-order valence-corrected chi connectivity index (χ2v) is 3.64. The largest absolute Gasteiger partial charge is 0.435 e. The van der Waals surface area contributed by atoms with Crippen LogP contribution < -0.4 is 4.74 Å². The fraction of sp³-hybridized carbons (Fsp3) is 0.250. The van der Waals surface area contributed by atoms with E-state index < -0.39 is 6.61 Å². The minimum atomic E-state index is -2.80. The molecule has 0 aliphatic heterocycles. The van der Waals surface area contributed by atoms with Gasteiger partial charge in [-0.25, -0.2) is 0 Å². The molecule has 16 heavy (non-hydrogen) atoms. The molecule has 2 aromatic rings. The summed E-state index contributed by atoms with van der Waals surface area (Å²) in [5.74, 6) is 0.163. The predicted molar refractivity (Wildman–Crippen MR) is 57.8 cm³/mol. The number of rotatable bonds is 2. The number of benzene rings is 1. The van der Waals surface area contributed by atoms with Gasteiger partial charge in [-0.3, -0.25) is 4.98 Å². The normalized spacial score (nSPS) is 11.1. The van der Waals surface area contributed by atoms with Gasteiger partial charge in [0.15, 0.2) is 0 Å². The van der Waals surface area contributed by atoms with E-state index in [1.165, 1.54) is 6.07 Å². The summed E-state index contributed by atoms with van der Waals surface area (Å²) in [7, 11) is 0. The van der Waals surface area contributed by atoms with Gasteiger partial charge >= 0.3 is 6.61 Å². The molecule has 1 aromatic carbocycles. The molecule has 4 heteroatoms. The van der Waals surface area contributed by atoms with Crippen LogP contribution in [0.2, 0.25) is 0 Å². The molecule has 0 aliphatic carbocycles. The van der Waals surface area contributed by atoms with Gasteiger partial charge in [0.25, 0.3) is 0 Å². The molecule has 0 N–H and O–H groups in total. The molecule has 2 rings (SSSR count). The van der Waals surface area contributed by atoms with Crippen molar-refractivity contribution in [2.24, 2.45) is 0 Å². The van der Waals surface area contributed by atoms with E-state index in [9.17, 15) is 8.78 Å². The Bertz CT molecular complexity index is 526. The second-order valence-electron chi connectivity index (χ2n) is 3.64. The lowest BCUT2D eigenvalue weighted by Gasteiger charge is -2.07. The molecule has 0 atom stereocenters. The Kier molecular flexibility index (Phi) is 2.73. The summed E-state index contributed by atoms with van der Waals surface area (Å²) in [6, 6.07) is 6.69. The molecular weight excluding hydrogens is 212 g/mol. The molecule has 0 fully saturated rings. The fourth-order valence-corrected chi connectivity index (χ4v) is 1.72. The number of aromatic nitrogens is 1. The summed E-state index contributed by atoms with van der Waals surface area (Å²) in [6.45, 7) is 1.02. The highest BCUT2D eigenvalue weighted by atomic mass is 19.3. The number of hydrogen-bond donors (Lipinski definition) is 0. The van der Waals surface area contributed by atoms with E-state index in [4.69, 9.17) is 0 Å². The number of hydrogen-bond acceptors (Lipinski definition) is 2. The number of fused-ring (bicyclic) bond motifs is 1. The SMILES string of the molecule is Cc1cc(C)c2cc(OC(F)F)ccc2n1. The minimum Gasteiger partial charge on any atom is -0.435 e. The van der Waals surface area contributed by atoms with Crippen molar-refractivity contribution in [3.8, 4) is 5.75 Å². The molecule has 0 unspecified atom stereocenters. The number of halogens is 2. The van der Waals surface area contributed by atoms with E-state index in [-0.39, 0.29) is 5.75 Å². The zero-order valence-electron chi connectivity index (χ0n) is 9.00. The topological polar surface area (TPSA) is 22.1 Å². The average Bonchev–Trinajstić information content (AvgIpc) is 2.18. The molecule has 84 valence electrons. The lowest BCUT2D eigenvalue weighted by Crippen LogP contribution is -2.01. The molecule has 0 saturated carbocycles. The first-order chi connectivity index (χ1) is 7.56. The van der Waals surface area contributed by atoms with Gasteiger partial charge in [-0.2, -0.15) is 8.78 Å². The van der Waals surface area contributed by atoms with Crippen molar-refractivity contribution >= 4 is 10.9 Å². The Hall–Kier alpha value is -1.71. The summed E-state index contributed by atoms with van der Waals surface area (Å²) in [5.41, 5.74) is 2.70. The summed E-state index contributed by atoms with van der Waals surface area (Å²) in [6.07, 6.45) is 0. The van der Waals surface area contributed by atoms with Crippen LogP contribution in [0.1, 0.15) is 11.3 Å². The molecule has 0 radical (unpaired) electrons. The molecule has 0 spiro atoms. The van der Waals surface area contributed by atoms with Gasteiger partial charge < -0.3 is 4.74 Å². The Morgan fingerprint density at radius 2 is 1.94 bits per heavy atom. The third-order valence-electron chi connectivity index (χ3n) is 2.34. The number of pyridine rings is 1. The highest BCUT2D eigenvalue weighted by Crippen LogP contribution is 2.24. The standard InChI is InChI=1S/C12H11F2NO/c1-7-5-8(2)15-11-4-3-9(6-10(7)11)16-12(13)14/h3-6,12H,1-2H3. The van der Waals surface area contributed by atoms with Crippen molar-refractivity contribution in [2.45, 2.75) is 20.5 Å². The van der Waals surface area contributed by atoms with Crippen molar-refractivity contribution in [1.82, 2.24) is 4.98 Å². The Balaban J connectivity index is 2.53. The van der Waals surface area contributed by atoms with E-state index in [1.54, 1.807) is 12.1 Å². The summed E-state index contributed by atoms with van der Waals surface area (Å²) in [4.78, 5) is 4.31. The van der Waals surface area contributed by atoms with E-state index in [0.29, 0.717) is 0 Å². The van der Waals surface area contributed by atoms with Crippen LogP contribution in [0, 0.1) is 13.8 Å². The van der Waals surface area contributed by atoms with Crippen molar-refractivity contribution in [2.75, 3.05) is 0 Å². The van der Waals surface area contributed by atoms with Crippen LogP contribution in [-0.4, -0.2) is 11.6 Å². The van der Waals surface area contributed by atoms with Gasteiger partial charge in [0.1, 0.15) is 5.75 Å². The fourth-order valence-electron chi connectivity index (χ4n) is 1.72. The summed E-state index contributed by atoms with van der Waals surface area (Å²) >= 11 is 0. The number of ether oxygens (including phenoxy) is 1. The van der Waals surface area contributed by atoms with Crippen LogP contribution in [-0.2, 0) is 0 Å². The third-order valence-corrected chi connectivity index (χ3v) is 2.34. The van der Waals surface area contributed by atoms with Crippen molar-refractivity contribution in [3.63, 3.8) is 0 Å². The highest BCUT2D eigenvalue weighted by Gasteiger charge is 2.06. The highest BCUT2D eigenvalue weighted by molar-refractivity contribution is 5.83. The maximum Gasteiger partial charge on any atom is 0.387 e. The van der Waals surface area contributed by atoms with Gasteiger partial charge in [0, 0.05) is 11.1 Å². The smallest absolute Gasteiger partial charge is 0.387 e. The van der Waals surface area contributed by atoms with Crippen LogP contribution in [0.3, 0.4) is 0 Å². The Morgan fingerprint density at radius 1 is 1.19 bits per heavy atom. The maximum atomic E-state index is 12.0. The molecule has 0 bridgehead atoms. The molecule has 0 amide bonds. The molecule has 1 heterocycles. The quantitative estimate of drug-likeness (QED) is 0.777. The second kappa shape index (κ2) is 4.04. The van der Waals surface area contributed by atoms with Crippen LogP contribution >= 0.6 is 0 Å². The molecule has 2 nitrogen and oxygen atoms in total. The monoisotopic (exact) mass is 223 g/mol. The van der Waals surface area contributed by atoms with E-state index in [1.807, 2.05) is 19.9 Å². The first kappa shape index (κ1) is 10.8. The molecule has 1 aromatic heterocycles. The first-order valence-electron chi connectivity index (χ1n) is 4.89. The Morgan fingerprint density at radius 3 is 2.62 bits per heavy atom. The molecular formula is C12H11F2NO. The van der Waals surface area contributed by atoms with Crippen LogP contribution in [0.4, 0.5) is 8.78 Å². The van der Waals surface area contributed by atoms with Gasteiger partial charge in [0.05, 0.1) is 5.52 Å². The number of aryl methyl sites for hydroxylation is 2. The molecule has 0 saturated heterocycles. The van der Waals surface area contributed by atoms with Crippen molar-refractivity contribution in [1.29, 1.82) is 0 Å². The van der Waals surface area contributed by atoms with Crippen LogP contribution in [0.5, 0.6) is 5.75 Å². The van der Waals surface area contributed by atoms with E-state index >= 15 is 0 Å². The Labute approximate surface area is 91.9 Å². The van der Waals surface area contributed by atoms with Crippen LogP contribution in [0.15, 0.2) is 24.3 Å². The number of alkyl halides is 2. The summed E-state index contributed by atoms with van der Waals surface area (Å²) in [5, 5.41) is 0.837. The van der Waals surface area contributed by atoms with E-state index in [2.05, 4.69) is 9.72 Å². The lowest BCUT2D eigenvalue weighted by atomic mass is 10.1. The predicted octanol–water partition coefficient (Wildman–Crippen LogP) is 3.45. The van der Waals surface area contributed by atoms with Gasteiger partial charge in [-0.15, -0.1) is 0 Å². The zero-order valence-corrected chi connectivity index (χ0v) is 9.00. The average molecular weight is 223 g/mol. The van der Waals surface area contributed by atoms with Gasteiger partial charge in [-0.05, 0) is 43.7 Å². The maximum absolute atomic E-state index is 12.0. The summed E-state index contributed by atoms with van der Waals surface area (Å²) < 4.78 is 28.4. The molecule has 0 aliphatic rings. The van der Waals surface area contributed by atoms with E-state index in [0.717, 1.165) is 22.2 Å². The zero-order chi connectivity index (χ0) is 11.7. The minimum absolute atomic E-state index is 0.163. The van der Waals surface area contributed by atoms with Gasteiger partial charge in [-0.1, -0.05) is 0 Å². The van der Waals surface area contributed by atoms with Crippen molar-refractivity contribution in [3.05, 3.63) is 35.5 Å².